The molecule has 3 aromatic heterocycles. The molecule has 5 nitrogen and oxygen atoms in total. The molecule has 6 heteroatoms. The SMILES string of the molecule is O=C(NC1c2ccccc2-c2c(-c3ccncc3Cl)cccc21)c1ccnc2[nH]ccc12. The summed E-state index contributed by atoms with van der Waals surface area (Å²) in [5, 5.41) is 4.65. The highest BCUT2D eigenvalue weighted by molar-refractivity contribution is 6.33. The molecule has 0 aliphatic heterocycles. The van der Waals surface area contributed by atoms with Crippen LogP contribution in [0.15, 0.2) is 85.5 Å². The Morgan fingerprint density at radius 1 is 0.906 bits per heavy atom. The first-order valence-electron chi connectivity index (χ1n) is 10.3. The normalized spacial score (nSPS) is 14.2. The van der Waals surface area contributed by atoms with E-state index in [1.54, 1.807) is 30.9 Å². The molecule has 0 fully saturated rings. The van der Waals surface area contributed by atoms with E-state index in [0.717, 1.165) is 38.8 Å². The quantitative estimate of drug-likeness (QED) is 0.376. The van der Waals surface area contributed by atoms with Gasteiger partial charge < -0.3 is 10.3 Å². The van der Waals surface area contributed by atoms with E-state index in [9.17, 15) is 4.79 Å². The summed E-state index contributed by atoms with van der Waals surface area (Å²) in [5.74, 6) is -0.142. The Morgan fingerprint density at radius 2 is 1.75 bits per heavy atom. The molecule has 1 unspecified atom stereocenters. The van der Waals surface area contributed by atoms with Crippen LogP contribution in [0.1, 0.15) is 27.5 Å². The minimum atomic E-state index is -0.267. The van der Waals surface area contributed by atoms with E-state index in [0.29, 0.717) is 16.2 Å². The molecule has 5 aromatic rings. The van der Waals surface area contributed by atoms with Crippen molar-refractivity contribution in [1.82, 2.24) is 20.3 Å². The first kappa shape index (κ1) is 18.8. The number of nitrogens with one attached hydrogen (secondary N) is 2. The molecular formula is C26H17ClN4O. The van der Waals surface area contributed by atoms with Crippen LogP contribution < -0.4 is 5.32 Å². The summed E-state index contributed by atoms with van der Waals surface area (Å²) in [6.07, 6.45) is 6.83. The number of rotatable bonds is 3. The molecule has 0 saturated heterocycles. The average molecular weight is 437 g/mol. The predicted molar refractivity (Wildman–Crippen MR) is 126 cm³/mol. The third-order valence-electron chi connectivity index (χ3n) is 5.99. The zero-order valence-corrected chi connectivity index (χ0v) is 17.6. The van der Waals surface area contributed by atoms with Gasteiger partial charge in [-0.15, -0.1) is 0 Å². The lowest BCUT2D eigenvalue weighted by molar-refractivity contribution is 0.0945. The first-order chi connectivity index (χ1) is 15.7. The van der Waals surface area contributed by atoms with E-state index in [1.807, 2.05) is 30.3 Å². The van der Waals surface area contributed by atoms with Gasteiger partial charge in [0.2, 0.25) is 0 Å². The van der Waals surface area contributed by atoms with Crippen molar-refractivity contribution in [1.29, 1.82) is 0 Å². The number of aromatic amines is 1. The van der Waals surface area contributed by atoms with Crippen LogP contribution in [-0.4, -0.2) is 20.9 Å². The van der Waals surface area contributed by atoms with Crippen molar-refractivity contribution in [3.05, 3.63) is 107 Å². The molecule has 154 valence electrons. The Kier molecular flexibility index (Phi) is 4.30. The topological polar surface area (TPSA) is 70.7 Å². The van der Waals surface area contributed by atoms with Crippen LogP contribution in [0, 0.1) is 0 Å². The molecule has 0 spiro atoms. The lowest BCUT2D eigenvalue weighted by Gasteiger charge is -2.17. The molecule has 1 amide bonds. The number of hydrogen-bond donors (Lipinski definition) is 2. The molecule has 1 aliphatic rings. The van der Waals surface area contributed by atoms with Gasteiger partial charge in [-0.05, 0) is 46.0 Å². The number of halogens is 1. The second-order valence-electron chi connectivity index (χ2n) is 7.72. The Bertz CT molecular complexity index is 1510. The smallest absolute Gasteiger partial charge is 0.252 e. The number of carbonyl (C=O) groups excluding carboxylic acids is 1. The van der Waals surface area contributed by atoms with Gasteiger partial charge in [0.15, 0.2) is 0 Å². The first-order valence-corrected chi connectivity index (χ1v) is 10.7. The third-order valence-corrected chi connectivity index (χ3v) is 6.29. The maximum atomic E-state index is 13.4. The van der Waals surface area contributed by atoms with Gasteiger partial charge in [0.05, 0.1) is 16.6 Å². The Morgan fingerprint density at radius 3 is 2.66 bits per heavy atom. The molecule has 2 N–H and O–H groups in total. The maximum Gasteiger partial charge on any atom is 0.252 e. The fourth-order valence-electron chi connectivity index (χ4n) is 4.60. The van der Waals surface area contributed by atoms with E-state index in [1.165, 1.54) is 0 Å². The van der Waals surface area contributed by atoms with Crippen molar-refractivity contribution in [2.45, 2.75) is 6.04 Å². The van der Waals surface area contributed by atoms with Crippen LogP contribution in [0.4, 0.5) is 0 Å². The van der Waals surface area contributed by atoms with Gasteiger partial charge >= 0.3 is 0 Å². The van der Waals surface area contributed by atoms with Crippen molar-refractivity contribution in [3.8, 4) is 22.3 Å². The lowest BCUT2D eigenvalue weighted by Crippen LogP contribution is -2.28. The largest absolute Gasteiger partial charge is 0.346 e. The molecule has 0 saturated carbocycles. The van der Waals surface area contributed by atoms with Gasteiger partial charge in [-0.25, -0.2) is 4.98 Å². The zero-order valence-electron chi connectivity index (χ0n) is 16.8. The lowest BCUT2D eigenvalue weighted by atomic mass is 9.94. The highest BCUT2D eigenvalue weighted by Gasteiger charge is 2.32. The van der Waals surface area contributed by atoms with E-state index in [2.05, 4.69) is 44.5 Å². The van der Waals surface area contributed by atoms with Gasteiger partial charge in [-0.3, -0.25) is 9.78 Å². The molecule has 1 aliphatic carbocycles. The minimum Gasteiger partial charge on any atom is -0.346 e. The van der Waals surface area contributed by atoms with E-state index in [-0.39, 0.29) is 11.9 Å². The monoisotopic (exact) mass is 436 g/mol. The molecular weight excluding hydrogens is 420 g/mol. The predicted octanol–water partition coefficient (Wildman–Crippen LogP) is 5.78. The number of hydrogen-bond acceptors (Lipinski definition) is 3. The Balaban J connectivity index is 1.49. The summed E-state index contributed by atoms with van der Waals surface area (Å²) in [6.45, 7) is 0. The van der Waals surface area contributed by atoms with Crippen molar-refractivity contribution in [2.24, 2.45) is 0 Å². The van der Waals surface area contributed by atoms with Crippen molar-refractivity contribution in [3.63, 3.8) is 0 Å². The van der Waals surface area contributed by atoms with Gasteiger partial charge in [-0.2, -0.15) is 0 Å². The minimum absolute atomic E-state index is 0.142. The second-order valence-corrected chi connectivity index (χ2v) is 8.12. The number of aromatic nitrogens is 3. The molecule has 0 radical (unpaired) electrons. The maximum absolute atomic E-state index is 13.4. The van der Waals surface area contributed by atoms with Gasteiger partial charge in [0, 0.05) is 35.7 Å². The number of amides is 1. The Hall–Kier alpha value is -3.96. The molecule has 2 aromatic carbocycles. The summed E-state index contributed by atoms with van der Waals surface area (Å²) < 4.78 is 0. The number of H-pyrrole nitrogens is 1. The fraction of sp³-hybridized carbons (Fsp3) is 0.0385. The van der Waals surface area contributed by atoms with Crippen molar-refractivity contribution >= 4 is 28.5 Å². The highest BCUT2D eigenvalue weighted by atomic mass is 35.5. The van der Waals surface area contributed by atoms with E-state index in [4.69, 9.17) is 11.6 Å². The molecule has 0 bridgehead atoms. The van der Waals surface area contributed by atoms with Crippen LogP contribution in [0.5, 0.6) is 0 Å². The van der Waals surface area contributed by atoms with Gasteiger partial charge in [0.25, 0.3) is 5.91 Å². The number of pyridine rings is 2. The van der Waals surface area contributed by atoms with Crippen LogP contribution in [-0.2, 0) is 0 Å². The summed E-state index contributed by atoms with van der Waals surface area (Å²) >= 11 is 6.49. The highest BCUT2D eigenvalue weighted by Crippen LogP contribution is 2.48. The summed E-state index contributed by atoms with van der Waals surface area (Å²) in [5.41, 5.74) is 7.52. The summed E-state index contributed by atoms with van der Waals surface area (Å²) in [4.78, 5) is 24.8. The second kappa shape index (κ2) is 7.32. The zero-order chi connectivity index (χ0) is 21.7. The molecule has 32 heavy (non-hydrogen) atoms. The average Bonchev–Trinajstić information content (AvgIpc) is 3.43. The van der Waals surface area contributed by atoms with Crippen LogP contribution in [0.2, 0.25) is 5.02 Å². The van der Waals surface area contributed by atoms with Crippen molar-refractivity contribution in [2.75, 3.05) is 0 Å². The fourth-order valence-corrected chi connectivity index (χ4v) is 4.82. The van der Waals surface area contributed by atoms with E-state index >= 15 is 0 Å². The number of benzene rings is 2. The van der Waals surface area contributed by atoms with Crippen LogP contribution >= 0.6 is 11.6 Å². The molecule has 1 atom stereocenters. The summed E-state index contributed by atoms with van der Waals surface area (Å²) in [7, 11) is 0. The number of carbonyl (C=O) groups is 1. The standard InChI is InChI=1S/C26H17ClN4O/c27-22-14-28-11-8-15(22)16-6-3-7-21-23(16)17-4-1-2-5-18(17)24(21)31-26(32)20-10-13-30-25-19(20)9-12-29-25/h1-14,24H,(H,29,30)(H,31,32). The third kappa shape index (κ3) is 2.82. The van der Waals surface area contributed by atoms with Gasteiger partial charge in [0.1, 0.15) is 5.65 Å². The van der Waals surface area contributed by atoms with E-state index < -0.39 is 0 Å². The number of fused-ring (bicyclic) bond motifs is 4. The van der Waals surface area contributed by atoms with Crippen molar-refractivity contribution < 1.29 is 4.79 Å². The summed E-state index contributed by atoms with van der Waals surface area (Å²) in [6, 6.07) is 19.6. The molecule has 3 heterocycles. The van der Waals surface area contributed by atoms with Crippen LogP contribution in [0.3, 0.4) is 0 Å². The van der Waals surface area contributed by atoms with Gasteiger partial charge in [-0.1, -0.05) is 54.1 Å². The van der Waals surface area contributed by atoms with Crippen LogP contribution in [0.25, 0.3) is 33.3 Å². The molecule has 6 rings (SSSR count). The Labute approximate surface area is 189 Å². The number of nitrogens with zero attached hydrogens (tertiary/aromatic N) is 2.